The normalized spacial score (nSPS) is 20.1. The molecule has 0 aromatic carbocycles. The van der Waals surface area contributed by atoms with E-state index in [1.165, 1.54) is 7.11 Å². The van der Waals surface area contributed by atoms with Crippen LogP contribution in [0.3, 0.4) is 0 Å². The Balaban J connectivity index is 1.92. The van der Waals surface area contributed by atoms with Crippen molar-refractivity contribution < 1.29 is 14.6 Å². The number of methoxy groups -OCH3 is 2. The van der Waals surface area contributed by atoms with Gasteiger partial charge in [-0.05, 0) is 30.4 Å². The molecular weight excluding hydrogens is 320 g/mol. The highest BCUT2D eigenvalue weighted by molar-refractivity contribution is 5.62. The van der Waals surface area contributed by atoms with Crippen molar-refractivity contribution in [2.24, 2.45) is 5.92 Å². The fourth-order valence-electron chi connectivity index (χ4n) is 3.07. The fraction of sp³-hybridized carbons (Fsp3) is 0.389. The highest BCUT2D eigenvalue weighted by Gasteiger charge is 2.35. The van der Waals surface area contributed by atoms with Crippen molar-refractivity contribution in [1.29, 1.82) is 5.26 Å². The quantitative estimate of drug-likeness (QED) is 0.832. The Morgan fingerprint density at radius 1 is 1.24 bits per heavy atom. The van der Waals surface area contributed by atoms with E-state index in [9.17, 15) is 10.4 Å². The molecule has 0 unspecified atom stereocenters. The molecule has 0 bridgehead atoms. The number of aliphatic hydroxyl groups is 1. The largest absolute Gasteiger partial charge is 0.481 e. The molecule has 1 aliphatic carbocycles. The molecule has 2 N–H and O–H groups in total. The Kier molecular flexibility index (Phi) is 5.00. The van der Waals surface area contributed by atoms with Crippen molar-refractivity contribution in [2.45, 2.75) is 25.0 Å². The number of nitriles is 1. The van der Waals surface area contributed by atoms with Gasteiger partial charge in [0.05, 0.1) is 32.1 Å². The van der Waals surface area contributed by atoms with Gasteiger partial charge >= 0.3 is 0 Å². The van der Waals surface area contributed by atoms with Crippen LogP contribution >= 0.6 is 0 Å². The lowest BCUT2D eigenvalue weighted by atomic mass is 9.75. The van der Waals surface area contributed by atoms with Gasteiger partial charge in [0.1, 0.15) is 11.6 Å². The van der Waals surface area contributed by atoms with Gasteiger partial charge in [0.2, 0.25) is 11.8 Å². The van der Waals surface area contributed by atoms with E-state index in [1.807, 2.05) is 6.07 Å². The zero-order valence-corrected chi connectivity index (χ0v) is 14.1. The van der Waals surface area contributed by atoms with Crippen molar-refractivity contribution in [1.82, 2.24) is 9.97 Å². The lowest BCUT2D eigenvalue weighted by Crippen LogP contribution is -2.36. The predicted molar refractivity (Wildman–Crippen MR) is 91.4 cm³/mol. The second-order valence-electron chi connectivity index (χ2n) is 6.00. The molecule has 1 fully saturated rings. The summed E-state index contributed by atoms with van der Waals surface area (Å²) in [5.74, 6) is 1.07. The second-order valence-corrected chi connectivity index (χ2v) is 6.00. The number of pyridine rings is 2. The van der Waals surface area contributed by atoms with Gasteiger partial charge in [-0.1, -0.05) is 6.07 Å². The molecule has 1 aliphatic rings. The third-order valence-electron chi connectivity index (χ3n) is 4.48. The number of rotatable bonds is 6. The topological polar surface area (TPSA) is 100 Å². The van der Waals surface area contributed by atoms with Gasteiger partial charge in [-0.25, -0.2) is 9.97 Å². The Morgan fingerprint density at radius 3 is 2.60 bits per heavy atom. The number of aromatic nitrogens is 2. The maximum absolute atomic E-state index is 9.70. The molecule has 1 atom stereocenters. The van der Waals surface area contributed by atoms with Crippen molar-refractivity contribution in [3.63, 3.8) is 0 Å². The molecule has 7 nitrogen and oxygen atoms in total. The zero-order valence-electron chi connectivity index (χ0n) is 14.1. The molecule has 0 spiro atoms. The van der Waals surface area contributed by atoms with E-state index >= 15 is 0 Å². The molecule has 0 radical (unpaired) electrons. The summed E-state index contributed by atoms with van der Waals surface area (Å²) >= 11 is 0. The summed E-state index contributed by atoms with van der Waals surface area (Å²) < 4.78 is 10.3. The molecule has 0 aliphatic heterocycles. The molecule has 1 saturated carbocycles. The summed E-state index contributed by atoms with van der Waals surface area (Å²) in [4.78, 5) is 8.34. The minimum Gasteiger partial charge on any atom is -0.481 e. The first-order valence-corrected chi connectivity index (χ1v) is 8.04. The summed E-state index contributed by atoms with van der Waals surface area (Å²) in [7, 11) is 3.06. The van der Waals surface area contributed by atoms with Crippen LogP contribution in [-0.2, 0) is 0 Å². The van der Waals surface area contributed by atoms with E-state index in [0.29, 0.717) is 30.0 Å². The number of nitrogens with zero attached hydrogens (tertiary/aromatic N) is 3. The minimum atomic E-state index is -0.275. The molecule has 7 heteroatoms. The minimum absolute atomic E-state index is 0.0824. The SMILES string of the molecule is COc1ccc([C@@H](Nc2ccnc(OC)c2C#N)C2CC(O)C2)cn1. The Labute approximate surface area is 146 Å². The average Bonchev–Trinajstić information content (AvgIpc) is 2.63. The Hall–Kier alpha value is -2.85. The highest BCUT2D eigenvalue weighted by atomic mass is 16.5. The maximum Gasteiger partial charge on any atom is 0.233 e. The molecule has 2 heterocycles. The number of ether oxygens (including phenoxy) is 2. The third-order valence-corrected chi connectivity index (χ3v) is 4.48. The van der Waals surface area contributed by atoms with Gasteiger partial charge in [-0.3, -0.25) is 0 Å². The van der Waals surface area contributed by atoms with Gasteiger partial charge < -0.3 is 19.9 Å². The standard InChI is InChI=1S/C18H20N4O3/c1-24-16-4-3-11(10-21-16)17(12-7-13(23)8-12)22-15-5-6-20-18(25-2)14(15)9-19/h3-6,10,12-13,17,23H,7-8H2,1-2H3,(H,20,22)/t12?,13?,17-/m1/s1. The van der Waals surface area contributed by atoms with E-state index in [1.54, 1.807) is 31.6 Å². The fourth-order valence-corrected chi connectivity index (χ4v) is 3.07. The third kappa shape index (κ3) is 3.49. The molecule has 25 heavy (non-hydrogen) atoms. The molecule has 130 valence electrons. The summed E-state index contributed by atoms with van der Waals surface area (Å²) in [6.45, 7) is 0. The van der Waals surface area contributed by atoms with Crippen LogP contribution in [-0.4, -0.2) is 35.4 Å². The van der Waals surface area contributed by atoms with Crippen LogP contribution in [0, 0.1) is 17.2 Å². The van der Waals surface area contributed by atoms with Crippen LogP contribution in [0.25, 0.3) is 0 Å². The van der Waals surface area contributed by atoms with Gasteiger partial charge in [0, 0.05) is 18.5 Å². The Morgan fingerprint density at radius 2 is 2.04 bits per heavy atom. The van der Waals surface area contributed by atoms with E-state index < -0.39 is 0 Å². The number of anilines is 1. The molecule has 3 rings (SSSR count). The summed E-state index contributed by atoms with van der Waals surface area (Å²) in [6, 6.07) is 7.55. The zero-order chi connectivity index (χ0) is 17.8. The number of hydrogen-bond donors (Lipinski definition) is 2. The average molecular weight is 340 g/mol. The van der Waals surface area contributed by atoms with E-state index in [4.69, 9.17) is 9.47 Å². The molecular formula is C18H20N4O3. The predicted octanol–water partition coefficient (Wildman–Crippen LogP) is 2.29. The lowest BCUT2D eigenvalue weighted by molar-refractivity contribution is 0.0339. The summed E-state index contributed by atoms with van der Waals surface area (Å²) in [6.07, 6.45) is 4.48. The van der Waals surface area contributed by atoms with Crippen LogP contribution in [0.2, 0.25) is 0 Å². The van der Waals surface area contributed by atoms with Crippen molar-refractivity contribution in [3.8, 4) is 17.8 Å². The van der Waals surface area contributed by atoms with Crippen LogP contribution in [0.1, 0.15) is 30.0 Å². The number of nitrogens with one attached hydrogen (secondary N) is 1. The first-order valence-electron chi connectivity index (χ1n) is 8.04. The highest BCUT2D eigenvalue weighted by Crippen LogP contribution is 2.41. The van der Waals surface area contributed by atoms with Crippen LogP contribution < -0.4 is 14.8 Å². The Bertz CT molecular complexity index is 767. The first-order chi connectivity index (χ1) is 12.2. The van der Waals surface area contributed by atoms with E-state index in [2.05, 4.69) is 21.4 Å². The van der Waals surface area contributed by atoms with Gasteiger partial charge in [0.15, 0.2) is 0 Å². The van der Waals surface area contributed by atoms with Gasteiger partial charge in [0.25, 0.3) is 0 Å². The lowest BCUT2D eigenvalue weighted by Gasteiger charge is -2.38. The second kappa shape index (κ2) is 7.36. The van der Waals surface area contributed by atoms with E-state index in [0.717, 1.165) is 5.56 Å². The van der Waals surface area contributed by atoms with Crippen molar-refractivity contribution >= 4 is 5.69 Å². The van der Waals surface area contributed by atoms with Crippen LogP contribution in [0.15, 0.2) is 30.6 Å². The van der Waals surface area contributed by atoms with Crippen molar-refractivity contribution in [2.75, 3.05) is 19.5 Å². The maximum atomic E-state index is 9.70. The van der Waals surface area contributed by atoms with Crippen LogP contribution in [0.5, 0.6) is 11.8 Å². The molecule has 2 aromatic heterocycles. The van der Waals surface area contributed by atoms with Crippen LogP contribution in [0.4, 0.5) is 5.69 Å². The van der Waals surface area contributed by atoms with Gasteiger partial charge in [-0.15, -0.1) is 0 Å². The van der Waals surface area contributed by atoms with E-state index in [-0.39, 0.29) is 23.9 Å². The number of aliphatic hydroxyl groups excluding tert-OH is 1. The summed E-state index contributed by atoms with van der Waals surface area (Å²) in [5.41, 5.74) is 1.98. The molecule has 0 amide bonds. The first kappa shape index (κ1) is 17.0. The smallest absolute Gasteiger partial charge is 0.233 e. The number of hydrogen-bond acceptors (Lipinski definition) is 7. The summed E-state index contributed by atoms with van der Waals surface area (Å²) in [5, 5.41) is 22.6. The van der Waals surface area contributed by atoms with Crippen molar-refractivity contribution in [3.05, 3.63) is 41.7 Å². The van der Waals surface area contributed by atoms with Gasteiger partial charge in [-0.2, -0.15) is 5.26 Å². The molecule has 0 saturated heterocycles. The molecule has 2 aromatic rings. The monoisotopic (exact) mass is 340 g/mol.